The zero-order valence-corrected chi connectivity index (χ0v) is 20.4. The number of sulfonamides is 1. The molecule has 1 aromatic heterocycles. The first-order valence-corrected chi connectivity index (χ1v) is 12.7. The molecule has 1 heterocycles. The molecule has 36 heavy (non-hydrogen) atoms. The van der Waals surface area contributed by atoms with Crippen molar-refractivity contribution < 1.29 is 23.1 Å². The Hall–Kier alpha value is -4.15. The summed E-state index contributed by atoms with van der Waals surface area (Å²) in [5.41, 5.74) is 2.15. The Labute approximate surface area is 209 Å². The summed E-state index contributed by atoms with van der Waals surface area (Å²) in [7, 11) is -4.08. The number of nitrogens with one attached hydrogen (secondary N) is 2. The third-order valence-electron chi connectivity index (χ3n) is 5.51. The third-order valence-corrected chi connectivity index (χ3v) is 7.00. The second kappa shape index (κ2) is 11.1. The first kappa shape index (κ1) is 25.0. The van der Waals surface area contributed by atoms with Crippen LogP contribution in [0.15, 0.2) is 96.2 Å². The van der Waals surface area contributed by atoms with Crippen LogP contribution < -0.4 is 14.8 Å². The lowest BCUT2D eigenvalue weighted by atomic mass is 10.1. The van der Waals surface area contributed by atoms with Gasteiger partial charge >= 0.3 is 6.03 Å². The quantitative estimate of drug-likeness (QED) is 0.299. The van der Waals surface area contributed by atoms with E-state index < -0.39 is 28.9 Å². The zero-order chi connectivity index (χ0) is 25.5. The maximum absolute atomic E-state index is 12.9. The third kappa shape index (κ3) is 5.91. The lowest BCUT2D eigenvalue weighted by molar-refractivity contribution is 0.0985. The molecule has 3 aromatic carbocycles. The molecule has 0 bridgehead atoms. The number of nitrogens with zero attached hydrogens (tertiary/aromatic N) is 2. The van der Waals surface area contributed by atoms with Crippen LogP contribution in [0.4, 0.5) is 4.79 Å². The standard InChI is InChI=1S/C26H26N4O5S/c1-19-8-5-6-13-24(19)36(33,34)29-26(32)28-23(16-20-9-3-2-4-10-20)25-27-14-15-30(25)21-11-7-12-22(17-21)35-18-31/h2-15,17,23,31H,16,18H2,1H3,(H2,28,29,32)/t23-/m0/s1. The van der Waals surface area contributed by atoms with Crippen LogP contribution in [0.25, 0.3) is 5.69 Å². The van der Waals surface area contributed by atoms with Gasteiger partial charge in [-0.05, 0) is 42.7 Å². The van der Waals surface area contributed by atoms with E-state index in [1.54, 1.807) is 60.3 Å². The molecule has 4 aromatic rings. The second-order valence-electron chi connectivity index (χ2n) is 8.01. The number of amides is 2. The number of hydrogen-bond donors (Lipinski definition) is 3. The number of carbonyl (C=O) groups is 1. The van der Waals surface area contributed by atoms with Gasteiger partial charge < -0.3 is 19.7 Å². The molecule has 0 saturated heterocycles. The van der Waals surface area contributed by atoms with E-state index in [0.717, 1.165) is 5.56 Å². The van der Waals surface area contributed by atoms with Crippen LogP contribution in [0.2, 0.25) is 0 Å². The lowest BCUT2D eigenvalue weighted by Gasteiger charge is -2.21. The largest absolute Gasteiger partial charge is 0.468 e. The Kier molecular flexibility index (Phi) is 7.67. The highest BCUT2D eigenvalue weighted by Crippen LogP contribution is 2.24. The number of aromatic nitrogens is 2. The summed E-state index contributed by atoms with van der Waals surface area (Å²) in [6.45, 7) is 1.20. The molecule has 0 aliphatic carbocycles. The van der Waals surface area contributed by atoms with E-state index >= 15 is 0 Å². The monoisotopic (exact) mass is 506 g/mol. The fourth-order valence-electron chi connectivity index (χ4n) is 3.87. The molecule has 0 spiro atoms. The summed E-state index contributed by atoms with van der Waals surface area (Å²) in [5, 5.41) is 11.9. The number of imidazole rings is 1. The van der Waals surface area contributed by atoms with Gasteiger partial charge in [0.2, 0.25) is 0 Å². The van der Waals surface area contributed by atoms with Gasteiger partial charge in [-0.2, -0.15) is 0 Å². The summed E-state index contributed by atoms with van der Waals surface area (Å²) in [6.07, 6.45) is 3.69. The van der Waals surface area contributed by atoms with E-state index in [1.165, 1.54) is 6.07 Å². The van der Waals surface area contributed by atoms with Crippen molar-refractivity contribution in [3.63, 3.8) is 0 Å². The molecule has 0 fully saturated rings. The van der Waals surface area contributed by atoms with Crippen molar-refractivity contribution in [2.45, 2.75) is 24.3 Å². The van der Waals surface area contributed by atoms with Gasteiger partial charge in [0.15, 0.2) is 6.79 Å². The first-order valence-electron chi connectivity index (χ1n) is 11.2. The molecular weight excluding hydrogens is 480 g/mol. The fourth-order valence-corrected chi connectivity index (χ4v) is 5.03. The number of benzene rings is 3. The minimum atomic E-state index is -4.08. The maximum atomic E-state index is 12.9. The highest BCUT2D eigenvalue weighted by atomic mass is 32.2. The van der Waals surface area contributed by atoms with E-state index in [-0.39, 0.29) is 4.90 Å². The average Bonchev–Trinajstić information content (AvgIpc) is 3.35. The number of aliphatic hydroxyl groups excluding tert-OH is 1. The van der Waals surface area contributed by atoms with Crippen LogP contribution in [0.1, 0.15) is 23.0 Å². The molecule has 0 unspecified atom stereocenters. The van der Waals surface area contributed by atoms with E-state index in [1.807, 2.05) is 36.4 Å². The molecule has 0 aliphatic heterocycles. The molecule has 9 nitrogen and oxygen atoms in total. The van der Waals surface area contributed by atoms with Gasteiger partial charge in [0.25, 0.3) is 10.0 Å². The van der Waals surface area contributed by atoms with Gasteiger partial charge in [0.05, 0.1) is 16.6 Å². The Bertz CT molecular complexity index is 1440. The fraction of sp³-hybridized carbons (Fsp3) is 0.154. The van der Waals surface area contributed by atoms with Crippen LogP contribution in [-0.4, -0.2) is 35.9 Å². The van der Waals surface area contributed by atoms with Crippen molar-refractivity contribution in [2.24, 2.45) is 0 Å². The molecule has 2 amide bonds. The van der Waals surface area contributed by atoms with Crippen molar-refractivity contribution in [2.75, 3.05) is 6.79 Å². The van der Waals surface area contributed by atoms with Gasteiger partial charge in [-0.3, -0.25) is 0 Å². The number of carbonyl (C=O) groups excluding carboxylic acids is 1. The molecular formula is C26H26N4O5S. The van der Waals surface area contributed by atoms with Gasteiger partial charge in [-0.1, -0.05) is 54.6 Å². The van der Waals surface area contributed by atoms with Gasteiger partial charge in [0, 0.05) is 18.5 Å². The highest BCUT2D eigenvalue weighted by molar-refractivity contribution is 7.90. The van der Waals surface area contributed by atoms with Gasteiger partial charge in [0.1, 0.15) is 11.6 Å². The Balaban J connectivity index is 1.64. The predicted molar refractivity (Wildman–Crippen MR) is 134 cm³/mol. The first-order chi connectivity index (χ1) is 17.4. The number of aryl methyl sites for hydroxylation is 1. The number of hydrogen-bond acceptors (Lipinski definition) is 6. The normalized spacial score (nSPS) is 12.1. The minimum absolute atomic E-state index is 0.0296. The molecule has 0 saturated carbocycles. The summed E-state index contributed by atoms with van der Waals surface area (Å²) in [6, 6.07) is 21.4. The summed E-state index contributed by atoms with van der Waals surface area (Å²) in [5.74, 6) is 0.952. The number of rotatable bonds is 9. The van der Waals surface area contributed by atoms with E-state index in [9.17, 15) is 13.2 Å². The van der Waals surface area contributed by atoms with Crippen molar-refractivity contribution >= 4 is 16.1 Å². The smallest absolute Gasteiger partial charge is 0.329 e. The highest BCUT2D eigenvalue weighted by Gasteiger charge is 2.25. The lowest BCUT2D eigenvalue weighted by Crippen LogP contribution is -2.42. The predicted octanol–water partition coefficient (Wildman–Crippen LogP) is 3.48. The SMILES string of the molecule is Cc1ccccc1S(=O)(=O)NC(=O)N[C@@H](Cc1ccccc1)c1nccn1-c1cccc(OCO)c1. The Morgan fingerprint density at radius 2 is 1.81 bits per heavy atom. The molecule has 3 N–H and O–H groups in total. The molecule has 4 rings (SSSR count). The summed E-state index contributed by atoms with van der Waals surface area (Å²) in [4.78, 5) is 17.4. The molecule has 1 atom stereocenters. The van der Waals surface area contributed by atoms with Crippen molar-refractivity contribution in [3.8, 4) is 11.4 Å². The number of aliphatic hydroxyl groups is 1. The van der Waals surface area contributed by atoms with Crippen molar-refractivity contribution in [1.29, 1.82) is 0 Å². The zero-order valence-electron chi connectivity index (χ0n) is 19.5. The van der Waals surface area contributed by atoms with Crippen molar-refractivity contribution in [1.82, 2.24) is 19.6 Å². The topological polar surface area (TPSA) is 123 Å². The van der Waals surface area contributed by atoms with Crippen molar-refractivity contribution in [3.05, 3.63) is 108 Å². The van der Waals surface area contributed by atoms with E-state index in [4.69, 9.17) is 9.84 Å². The molecule has 0 aliphatic rings. The van der Waals surface area contributed by atoms with Crippen LogP contribution in [0.3, 0.4) is 0 Å². The van der Waals surface area contributed by atoms with E-state index in [2.05, 4.69) is 15.0 Å². The molecule has 0 radical (unpaired) electrons. The second-order valence-corrected chi connectivity index (χ2v) is 9.66. The summed E-state index contributed by atoms with van der Waals surface area (Å²) >= 11 is 0. The molecule has 10 heteroatoms. The maximum Gasteiger partial charge on any atom is 0.329 e. The Morgan fingerprint density at radius 3 is 2.56 bits per heavy atom. The molecule has 186 valence electrons. The van der Waals surface area contributed by atoms with Crippen LogP contribution >= 0.6 is 0 Å². The Morgan fingerprint density at radius 1 is 1.06 bits per heavy atom. The average molecular weight is 507 g/mol. The summed E-state index contributed by atoms with van der Waals surface area (Å²) < 4.78 is 34.8. The number of ether oxygens (including phenoxy) is 1. The van der Waals surface area contributed by atoms with Crippen LogP contribution in [-0.2, 0) is 16.4 Å². The minimum Gasteiger partial charge on any atom is -0.468 e. The van der Waals surface area contributed by atoms with Crippen LogP contribution in [0, 0.1) is 6.92 Å². The van der Waals surface area contributed by atoms with Crippen LogP contribution in [0.5, 0.6) is 5.75 Å². The number of urea groups is 1. The van der Waals surface area contributed by atoms with E-state index in [0.29, 0.717) is 29.2 Å². The van der Waals surface area contributed by atoms with Gasteiger partial charge in [-0.15, -0.1) is 0 Å². The van der Waals surface area contributed by atoms with Gasteiger partial charge in [-0.25, -0.2) is 22.9 Å².